The lowest BCUT2D eigenvalue weighted by molar-refractivity contribution is -0.140. The Kier molecular flexibility index (Phi) is 10.3. The Hall–Kier alpha value is -3.79. The second-order valence-corrected chi connectivity index (χ2v) is 10.4. The van der Waals surface area contributed by atoms with Gasteiger partial charge >= 0.3 is 6.09 Å². The molecule has 2 unspecified atom stereocenters. The molecule has 37 heavy (non-hydrogen) atoms. The summed E-state index contributed by atoms with van der Waals surface area (Å²) >= 11 is 0. The molecule has 0 spiro atoms. The van der Waals surface area contributed by atoms with Crippen LogP contribution in [0.2, 0.25) is 0 Å². The zero-order valence-electron chi connectivity index (χ0n) is 22.9. The van der Waals surface area contributed by atoms with Crippen LogP contribution in [0.15, 0.2) is 48.5 Å². The number of para-hydroxylation sites is 1. The largest absolute Gasteiger partial charge is 0.444 e. The van der Waals surface area contributed by atoms with E-state index in [1.807, 2.05) is 52.0 Å². The molecule has 0 aliphatic heterocycles. The van der Waals surface area contributed by atoms with Crippen LogP contribution in [-0.2, 0) is 14.3 Å². The SMILES string of the molecule is C#Cc1ccc(C(C(=O)Nc2ccccc2C)N(CC)C(=O)C(CC(C)C)NC(=O)OC(C)(C)C)cc1. The number of alkyl carbamates (subject to hydrolysis) is 1. The monoisotopic (exact) mass is 505 g/mol. The lowest BCUT2D eigenvalue weighted by Crippen LogP contribution is -2.52. The second-order valence-electron chi connectivity index (χ2n) is 10.4. The number of hydrogen-bond acceptors (Lipinski definition) is 4. The van der Waals surface area contributed by atoms with Crippen molar-refractivity contribution in [2.24, 2.45) is 5.92 Å². The minimum atomic E-state index is -0.945. The van der Waals surface area contributed by atoms with Crippen molar-refractivity contribution in [2.45, 2.75) is 72.6 Å². The fourth-order valence-electron chi connectivity index (χ4n) is 3.96. The quantitative estimate of drug-likeness (QED) is 0.444. The van der Waals surface area contributed by atoms with Crippen LogP contribution in [0.25, 0.3) is 0 Å². The molecule has 0 bridgehead atoms. The van der Waals surface area contributed by atoms with Crippen molar-refractivity contribution in [1.82, 2.24) is 10.2 Å². The zero-order chi connectivity index (χ0) is 27.8. The number of nitrogens with one attached hydrogen (secondary N) is 2. The van der Waals surface area contributed by atoms with Gasteiger partial charge in [0, 0.05) is 17.8 Å². The number of benzene rings is 2. The molecule has 3 amide bonds. The molecule has 0 aromatic heterocycles. The third-order valence-corrected chi connectivity index (χ3v) is 5.68. The first kappa shape index (κ1) is 29.4. The van der Waals surface area contributed by atoms with Crippen molar-refractivity contribution < 1.29 is 19.1 Å². The molecular weight excluding hydrogens is 466 g/mol. The van der Waals surface area contributed by atoms with Gasteiger partial charge in [-0.15, -0.1) is 6.42 Å². The van der Waals surface area contributed by atoms with E-state index in [4.69, 9.17) is 11.2 Å². The van der Waals surface area contributed by atoms with Gasteiger partial charge in [0.1, 0.15) is 17.7 Å². The highest BCUT2D eigenvalue weighted by molar-refractivity contribution is 5.99. The fourth-order valence-corrected chi connectivity index (χ4v) is 3.96. The summed E-state index contributed by atoms with van der Waals surface area (Å²) in [7, 11) is 0. The predicted molar refractivity (Wildman–Crippen MR) is 147 cm³/mol. The minimum Gasteiger partial charge on any atom is -0.444 e. The number of amides is 3. The second kappa shape index (κ2) is 13.0. The molecule has 2 atom stereocenters. The van der Waals surface area contributed by atoms with Crippen LogP contribution < -0.4 is 10.6 Å². The molecule has 2 N–H and O–H groups in total. The topological polar surface area (TPSA) is 87.7 Å². The van der Waals surface area contributed by atoms with Gasteiger partial charge in [0.05, 0.1) is 0 Å². The number of likely N-dealkylation sites (N-methyl/N-ethyl adjacent to an activating group) is 1. The van der Waals surface area contributed by atoms with Gasteiger partial charge < -0.3 is 20.3 Å². The van der Waals surface area contributed by atoms with Crippen LogP contribution in [0.4, 0.5) is 10.5 Å². The third-order valence-electron chi connectivity index (χ3n) is 5.68. The zero-order valence-corrected chi connectivity index (χ0v) is 22.9. The predicted octanol–water partition coefficient (Wildman–Crippen LogP) is 5.44. The maximum absolute atomic E-state index is 13.9. The molecule has 198 valence electrons. The Labute approximate surface area is 221 Å². The van der Waals surface area contributed by atoms with E-state index in [2.05, 4.69) is 16.6 Å². The van der Waals surface area contributed by atoms with Crippen molar-refractivity contribution in [3.05, 3.63) is 65.2 Å². The summed E-state index contributed by atoms with van der Waals surface area (Å²) in [6, 6.07) is 12.6. The summed E-state index contributed by atoms with van der Waals surface area (Å²) in [5.74, 6) is 1.95. The molecule has 0 radical (unpaired) electrons. The molecule has 7 nitrogen and oxygen atoms in total. The molecule has 0 saturated heterocycles. The molecule has 0 aliphatic carbocycles. The Morgan fingerprint density at radius 3 is 2.19 bits per heavy atom. The molecule has 0 aliphatic rings. The van der Waals surface area contributed by atoms with Crippen molar-refractivity contribution in [2.75, 3.05) is 11.9 Å². The summed E-state index contributed by atoms with van der Waals surface area (Å²) in [6.07, 6.45) is 5.23. The van der Waals surface area contributed by atoms with Crippen LogP contribution in [0.3, 0.4) is 0 Å². The highest BCUT2D eigenvalue weighted by atomic mass is 16.6. The van der Waals surface area contributed by atoms with Crippen molar-refractivity contribution in [3.63, 3.8) is 0 Å². The Balaban J connectivity index is 2.47. The lowest BCUT2D eigenvalue weighted by Gasteiger charge is -2.34. The number of aryl methyl sites for hydroxylation is 1. The summed E-state index contributed by atoms with van der Waals surface area (Å²) in [4.78, 5) is 41.7. The average Bonchev–Trinajstić information content (AvgIpc) is 2.81. The van der Waals surface area contributed by atoms with Crippen LogP contribution in [0.5, 0.6) is 0 Å². The van der Waals surface area contributed by atoms with Gasteiger partial charge in [-0.25, -0.2) is 4.79 Å². The Bertz CT molecular complexity index is 1130. The molecule has 2 aromatic carbocycles. The number of carbonyl (C=O) groups is 3. The number of nitrogens with zero attached hydrogens (tertiary/aromatic N) is 1. The van der Waals surface area contributed by atoms with Gasteiger partial charge in [-0.1, -0.05) is 50.1 Å². The normalized spacial score (nSPS) is 12.7. The van der Waals surface area contributed by atoms with Gasteiger partial charge in [0.15, 0.2) is 0 Å². The molecule has 0 heterocycles. The van der Waals surface area contributed by atoms with Gasteiger partial charge in [-0.3, -0.25) is 9.59 Å². The van der Waals surface area contributed by atoms with Crippen molar-refractivity contribution >= 4 is 23.6 Å². The summed E-state index contributed by atoms with van der Waals surface area (Å²) in [5, 5.41) is 5.70. The van der Waals surface area contributed by atoms with Gasteiger partial charge in [0.25, 0.3) is 5.91 Å². The first-order valence-electron chi connectivity index (χ1n) is 12.6. The maximum atomic E-state index is 13.9. The van der Waals surface area contributed by atoms with Gasteiger partial charge in [-0.05, 0) is 76.3 Å². The third kappa shape index (κ3) is 8.68. The van der Waals surface area contributed by atoms with Crippen LogP contribution >= 0.6 is 0 Å². The number of carbonyl (C=O) groups excluding carboxylic acids is 3. The number of anilines is 1. The van der Waals surface area contributed by atoms with Crippen LogP contribution in [-0.4, -0.2) is 41.0 Å². The molecule has 2 aromatic rings. The fraction of sp³-hybridized carbons (Fsp3) is 0.433. The first-order valence-corrected chi connectivity index (χ1v) is 12.6. The van der Waals surface area contributed by atoms with E-state index in [1.165, 1.54) is 4.90 Å². The van der Waals surface area contributed by atoms with Crippen molar-refractivity contribution in [1.29, 1.82) is 0 Å². The molecule has 7 heteroatoms. The Morgan fingerprint density at radius 2 is 1.68 bits per heavy atom. The summed E-state index contributed by atoms with van der Waals surface area (Å²) in [6.45, 7) is 13.2. The highest BCUT2D eigenvalue weighted by Gasteiger charge is 2.36. The van der Waals surface area contributed by atoms with E-state index in [0.717, 1.165) is 5.56 Å². The number of rotatable bonds is 9. The van der Waals surface area contributed by atoms with Gasteiger partial charge in [0.2, 0.25) is 5.91 Å². The Morgan fingerprint density at radius 1 is 1.05 bits per heavy atom. The van der Waals surface area contributed by atoms with E-state index in [-0.39, 0.29) is 24.3 Å². The van der Waals surface area contributed by atoms with Crippen molar-refractivity contribution in [3.8, 4) is 12.3 Å². The highest BCUT2D eigenvalue weighted by Crippen LogP contribution is 2.26. The number of hydrogen-bond donors (Lipinski definition) is 2. The smallest absolute Gasteiger partial charge is 0.408 e. The standard InChI is InChI=1S/C30H39N3O4/c1-9-22-15-17-23(18-16-22)26(27(34)31-24-14-12-11-13-21(24)5)33(10-2)28(35)25(19-20(3)4)32-29(36)37-30(6,7)8/h1,11-18,20,25-26H,10,19H2,2-8H3,(H,31,34)(H,32,36). The van der Waals surface area contributed by atoms with Crippen LogP contribution in [0.1, 0.15) is 70.7 Å². The van der Waals surface area contributed by atoms with E-state index in [1.54, 1.807) is 45.0 Å². The first-order chi connectivity index (χ1) is 17.4. The summed E-state index contributed by atoms with van der Waals surface area (Å²) < 4.78 is 5.40. The van der Waals surface area contributed by atoms with E-state index < -0.39 is 23.8 Å². The van der Waals surface area contributed by atoms with Crippen LogP contribution in [0, 0.1) is 25.2 Å². The maximum Gasteiger partial charge on any atom is 0.408 e. The minimum absolute atomic E-state index is 0.108. The van der Waals surface area contributed by atoms with E-state index >= 15 is 0 Å². The average molecular weight is 506 g/mol. The molecule has 0 saturated carbocycles. The molecular formula is C30H39N3O4. The van der Waals surface area contributed by atoms with E-state index in [0.29, 0.717) is 23.2 Å². The summed E-state index contributed by atoms with van der Waals surface area (Å²) in [5.41, 5.74) is 2.12. The van der Waals surface area contributed by atoms with Gasteiger partial charge in [-0.2, -0.15) is 0 Å². The lowest BCUT2D eigenvalue weighted by atomic mass is 9.98. The number of terminal acetylenes is 1. The number of ether oxygens (including phenoxy) is 1. The molecule has 2 rings (SSSR count). The van der Waals surface area contributed by atoms with E-state index in [9.17, 15) is 14.4 Å². The molecule has 0 fully saturated rings.